The molecule has 1 radical (unpaired) electrons. The van der Waals surface area contributed by atoms with E-state index >= 15 is 0 Å². The van der Waals surface area contributed by atoms with Gasteiger partial charge in [0.2, 0.25) is 0 Å². The van der Waals surface area contributed by atoms with Gasteiger partial charge in [0.15, 0.2) is 0 Å². The smallest absolute Gasteiger partial charge is 0.246 e. The van der Waals surface area contributed by atoms with E-state index in [9.17, 15) is 9.59 Å². The summed E-state index contributed by atoms with van der Waals surface area (Å²) in [5, 5.41) is 0. The van der Waals surface area contributed by atoms with Gasteiger partial charge in [0.1, 0.15) is 0 Å². The molecule has 1 fully saturated rings. The van der Waals surface area contributed by atoms with Crippen LogP contribution < -0.4 is 21.7 Å². The van der Waals surface area contributed by atoms with Gasteiger partial charge < -0.3 is 0 Å². The van der Waals surface area contributed by atoms with Crippen molar-refractivity contribution >= 4 is 12.1 Å². The zero-order chi connectivity index (χ0) is 5.98. The van der Waals surface area contributed by atoms with Crippen LogP contribution in [0.4, 0.5) is 9.59 Å². The summed E-state index contributed by atoms with van der Waals surface area (Å²) in [6.07, 6.45) is 0. The fourth-order valence-corrected chi connectivity index (χ4v) is 0.268. The molecular weight excluding hydrogens is 112 g/mol. The first-order chi connectivity index (χ1) is 3.79. The van der Waals surface area contributed by atoms with Crippen molar-refractivity contribution in [1.82, 2.24) is 21.7 Å². The summed E-state index contributed by atoms with van der Waals surface area (Å²) in [7, 11) is 0. The van der Waals surface area contributed by atoms with Crippen LogP contribution in [0.3, 0.4) is 0 Å². The molecule has 0 aromatic rings. The largest absolute Gasteiger partial charge is 0.376 e. The predicted molar refractivity (Wildman–Crippen MR) is 22.3 cm³/mol. The normalized spacial score (nSPS) is 17.5. The standard InChI is InChI=1S/C2H3N4O2/c7-1-3-5-2(8)6-4-1/h(H,3,7)(H2,5,6,8). The van der Waals surface area contributed by atoms with E-state index in [1.807, 2.05) is 16.3 Å². The molecule has 0 unspecified atom stereocenters. The zero-order valence-electron chi connectivity index (χ0n) is 3.76. The molecule has 0 aromatic carbocycles. The average Bonchev–Trinajstić information content (AvgIpc) is 1.77. The van der Waals surface area contributed by atoms with Crippen molar-refractivity contribution in [2.24, 2.45) is 0 Å². The zero-order valence-corrected chi connectivity index (χ0v) is 3.76. The van der Waals surface area contributed by atoms with E-state index in [4.69, 9.17) is 0 Å². The highest BCUT2D eigenvalue weighted by Crippen LogP contribution is 1.67. The third kappa shape index (κ3) is 0.780. The molecule has 43 valence electrons. The average molecular weight is 115 g/mol. The van der Waals surface area contributed by atoms with Gasteiger partial charge in [-0.15, -0.1) is 5.43 Å². The van der Waals surface area contributed by atoms with E-state index in [-0.39, 0.29) is 0 Å². The van der Waals surface area contributed by atoms with Gasteiger partial charge in [-0.05, 0) is 0 Å². The van der Waals surface area contributed by atoms with Crippen LogP contribution in [0.15, 0.2) is 0 Å². The summed E-state index contributed by atoms with van der Waals surface area (Å²) in [6, 6.07) is -1.14. The van der Waals surface area contributed by atoms with Crippen LogP contribution >= 0.6 is 0 Å². The summed E-state index contributed by atoms with van der Waals surface area (Å²) >= 11 is 0. The van der Waals surface area contributed by atoms with Gasteiger partial charge in [0, 0.05) is 0 Å². The van der Waals surface area contributed by atoms with Gasteiger partial charge in [-0.3, -0.25) is 0 Å². The Labute approximate surface area is 44.6 Å². The summed E-state index contributed by atoms with van der Waals surface area (Å²) in [6.45, 7) is 0. The fourth-order valence-electron chi connectivity index (χ4n) is 0.268. The van der Waals surface area contributed by atoms with Crippen LogP contribution in [0.1, 0.15) is 0 Å². The van der Waals surface area contributed by atoms with Gasteiger partial charge in [-0.2, -0.15) is 0 Å². The lowest BCUT2D eigenvalue weighted by atomic mass is 10.9. The number of hydrazine groups is 1. The van der Waals surface area contributed by atoms with Gasteiger partial charge >= 0.3 is 12.1 Å². The van der Waals surface area contributed by atoms with E-state index in [2.05, 4.69) is 5.43 Å². The number of urea groups is 2. The lowest BCUT2D eigenvalue weighted by Crippen LogP contribution is -2.59. The summed E-state index contributed by atoms with van der Waals surface area (Å²) in [5.74, 6) is 0. The third-order valence-corrected chi connectivity index (χ3v) is 0.542. The van der Waals surface area contributed by atoms with Gasteiger partial charge in [-0.25, -0.2) is 25.9 Å². The quantitative estimate of drug-likeness (QED) is 0.357. The number of hydrogen-bond donors (Lipinski definition) is 3. The highest BCUT2D eigenvalue weighted by Gasteiger charge is 2.11. The second-order valence-corrected chi connectivity index (χ2v) is 1.11. The Morgan fingerprint density at radius 3 is 2.38 bits per heavy atom. The Morgan fingerprint density at radius 2 is 2.00 bits per heavy atom. The van der Waals surface area contributed by atoms with Crippen LogP contribution in [-0.2, 0) is 0 Å². The lowest BCUT2D eigenvalue weighted by molar-refractivity contribution is 0.205. The predicted octanol–water partition coefficient (Wildman–Crippen LogP) is -1.56. The van der Waals surface area contributed by atoms with E-state index in [0.717, 1.165) is 0 Å². The number of nitrogens with one attached hydrogen (secondary N) is 3. The van der Waals surface area contributed by atoms with Crippen LogP contribution in [0, 0.1) is 0 Å². The Morgan fingerprint density at radius 1 is 1.25 bits per heavy atom. The van der Waals surface area contributed by atoms with Crippen LogP contribution in [0.5, 0.6) is 0 Å². The van der Waals surface area contributed by atoms with Crippen LogP contribution in [0.2, 0.25) is 0 Å². The molecular formula is C2H3N4O2. The van der Waals surface area contributed by atoms with Crippen LogP contribution in [-0.4, -0.2) is 12.1 Å². The number of rotatable bonds is 0. The highest BCUT2D eigenvalue weighted by atomic mass is 16.2. The molecule has 0 aliphatic carbocycles. The minimum absolute atomic E-state index is 0.537. The molecule has 6 heteroatoms. The Bertz CT molecular complexity index is 104. The second-order valence-electron chi connectivity index (χ2n) is 1.11. The Kier molecular flexibility index (Phi) is 0.918. The Hall–Kier alpha value is -1.46. The van der Waals surface area contributed by atoms with E-state index in [0.29, 0.717) is 0 Å². The number of carbonyl (C=O) groups excluding carboxylic acids is 2. The molecule has 3 N–H and O–H groups in total. The van der Waals surface area contributed by atoms with Crippen molar-refractivity contribution in [3.63, 3.8) is 0 Å². The van der Waals surface area contributed by atoms with Crippen molar-refractivity contribution in [1.29, 1.82) is 0 Å². The summed E-state index contributed by atoms with van der Waals surface area (Å²) < 4.78 is 0. The van der Waals surface area contributed by atoms with Crippen molar-refractivity contribution in [3.05, 3.63) is 0 Å². The molecule has 6 nitrogen and oxygen atoms in total. The number of nitrogens with zero attached hydrogens (tertiary/aromatic N) is 1. The number of carbonyl (C=O) groups is 2. The van der Waals surface area contributed by atoms with Gasteiger partial charge in [-0.1, -0.05) is 0 Å². The highest BCUT2D eigenvalue weighted by molar-refractivity contribution is 5.85. The van der Waals surface area contributed by atoms with Crippen LogP contribution in [0.25, 0.3) is 0 Å². The van der Waals surface area contributed by atoms with Crippen molar-refractivity contribution < 1.29 is 9.59 Å². The molecule has 0 spiro atoms. The van der Waals surface area contributed by atoms with Crippen molar-refractivity contribution in [3.8, 4) is 0 Å². The molecule has 0 atom stereocenters. The topological polar surface area (TPSA) is 84.3 Å². The maximum Gasteiger partial charge on any atom is 0.376 e. The monoisotopic (exact) mass is 115 g/mol. The first kappa shape index (κ1) is 4.69. The second kappa shape index (κ2) is 1.57. The van der Waals surface area contributed by atoms with E-state index < -0.39 is 12.1 Å². The first-order valence-electron chi connectivity index (χ1n) is 1.86. The molecule has 4 amide bonds. The third-order valence-electron chi connectivity index (χ3n) is 0.542. The molecule has 1 rings (SSSR count). The summed E-state index contributed by atoms with van der Waals surface area (Å²) in [5.41, 5.74) is 8.85. The molecule has 1 aliphatic rings. The SMILES string of the molecule is O=C1[N]NC(=O)NN1. The minimum atomic E-state index is -0.607. The van der Waals surface area contributed by atoms with Gasteiger partial charge in [0.05, 0.1) is 0 Å². The minimum Gasteiger partial charge on any atom is -0.246 e. The molecule has 0 bridgehead atoms. The van der Waals surface area contributed by atoms with Crippen molar-refractivity contribution in [2.45, 2.75) is 0 Å². The maximum absolute atomic E-state index is 10.1. The molecule has 8 heavy (non-hydrogen) atoms. The fraction of sp³-hybridized carbons (Fsp3) is 0. The summed E-state index contributed by atoms with van der Waals surface area (Å²) in [4.78, 5) is 20.1. The maximum atomic E-state index is 10.1. The van der Waals surface area contributed by atoms with Gasteiger partial charge in [0.25, 0.3) is 0 Å². The Balaban J connectivity index is 2.40. The van der Waals surface area contributed by atoms with E-state index in [1.54, 1.807) is 0 Å². The van der Waals surface area contributed by atoms with E-state index in [1.165, 1.54) is 0 Å². The van der Waals surface area contributed by atoms with Crippen molar-refractivity contribution in [2.75, 3.05) is 0 Å². The molecule has 1 heterocycles. The molecule has 0 saturated carbocycles. The number of hydrogen-bond acceptors (Lipinski definition) is 2. The first-order valence-corrected chi connectivity index (χ1v) is 1.86. The number of amides is 4. The molecule has 1 saturated heterocycles. The molecule has 0 aromatic heterocycles. The lowest BCUT2D eigenvalue weighted by Gasteiger charge is -2.11. The molecule has 1 aliphatic heterocycles.